The van der Waals surface area contributed by atoms with E-state index in [0.717, 1.165) is 5.56 Å². The number of amides is 1. The van der Waals surface area contributed by atoms with Gasteiger partial charge in [0, 0.05) is 23.6 Å². The molecule has 2 aromatic carbocycles. The molecule has 0 spiro atoms. The van der Waals surface area contributed by atoms with Crippen molar-refractivity contribution in [2.45, 2.75) is 13.0 Å². The zero-order chi connectivity index (χ0) is 21.3. The highest BCUT2D eigenvalue weighted by atomic mass is 16.5. The molecule has 6 heteroatoms. The molecule has 1 aromatic heterocycles. The first-order chi connectivity index (χ1) is 14.5. The number of pyridine rings is 1. The molecule has 3 aromatic rings. The van der Waals surface area contributed by atoms with Crippen LogP contribution in [0.5, 0.6) is 5.75 Å². The smallest absolute Gasteiger partial charge is 0.300 e. The maximum Gasteiger partial charge on any atom is 0.300 e. The molecule has 30 heavy (non-hydrogen) atoms. The molecule has 1 unspecified atom stereocenters. The monoisotopic (exact) mass is 400 g/mol. The third-order valence-corrected chi connectivity index (χ3v) is 5.12. The number of hydrogen-bond acceptors (Lipinski definition) is 5. The topological polar surface area (TPSA) is 79.7 Å². The number of carbonyl (C=O) groups is 2. The first-order valence-corrected chi connectivity index (χ1v) is 9.43. The van der Waals surface area contributed by atoms with Gasteiger partial charge in [-0.25, -0.2) is 0 Å². The van der Waals surface area contributed by atoms with Gasteiger partial charge < -0.3 is 9.84 Å². The fourth-order valence-electron chi connectivity index (χ4n) is 3.56. The second-order valence-electron chi connectivity index (χ2n) is 7.02. The van der Waals surface area contributed by atoms with Gasteiger partial charge >= 0.3 is 0 Å². The van der Waals surface area contributed by atoms with E-state index in [1.807, 2.05) is 19.1 Å². The molecule has 0 saturated carbocycles. The van der Waals surface area contributed by atoms with Crippen molar-refractivity contribution in [1.29, 1.82) is 0 Å². The molecule has 6 nitrogen and oxygen atoms in total. The predicted molar refractivity (Wildman–Crippen MR) is 113 cm³/mol. The number of aromatic nitrogens is 1. The van der Waals surface area contributed by atoms with E-state index in [0.29, 0.717) is 22.6 Å². The predicted octanol–water partition coefficient (Wildman–Crippen LogP) is 4.02. The molecule has 4 rings (SSSR count). The van der Waals surface area contributed by atoms with E-state index in [-0.39, 0.29) is 11.3 Å². The van der Waals surface area contributed by atoms with Gasteiger partial charge in [0.1, 0.15) is 11.5 Å². The second kappa shape index (κ2) is 7.83. The van der Waals surface area contributed by atoms with Crippen molar-refractivity contribution in [3.63, 3.8) is 0 Å². The van der Waals surface area contributed by atoms with Crippen LogP contribution in [0.3, 0.4) is 0 Å². The zero-order valence-corrected chi connectivity index (χ0v) is 16.6. The van der Waals surface area contributed by atoms with Crippen LogP contribution >= 0.6 is 0 Å². The Hall–Kier alpha value is -3.93. The van der Waals surface area contributed by atoms with Gasteiger partial charge in [0.05, 0.1) is 18.7 Å². The Balaban J connectivity index is 1.90. The van der Waals surface area contributed by atoms with Gasteiger partial charge in [-0.05, 0) is 42.8 Å². The van der Waals surface area contributed by atoms with Gasteiger partial charge in [-0.3, -0.25) is 19.5 Å². The van der Waals surface area contributed by atoms with Crippen LogP contribution < -0.4 is 9.64 Å². The van der Waals surface area contributed by atoms with Gasteiger partial charge in [0.15, 0.2) is 0 Å². The number of Topliss-reactive ketones (excluding diaryl/α,β-unsaturated/α-hetero) is 1. The Bertz CT molecular complexity index is 1120. The van der Waals surface area contributed by atoms with Gasteiger partial charge in [0.25, 0.3) is 11.7 Å². The summed E-state index contributed by atoms with van der Waals surface area (Å²) in [5.41, 5.74) is 2.68. The van der Waals surface area contributed by atoms with Crippen LogP contribution in [0.15, 0.2) is 78.6 Å². The van der Waals surface area contributed by atoms with Crippen molar-refractivity contribution in [3.8, 4) is 5.75 Å². The van der Waals surface area contributed by atoms with E-state index in [4.69, 9.17) is 4.74 Å². The molecule has 1 atom stereocenters. The summed E-state index contributed by atoms with van der Waals surface area (Å²) < 4.78 is 5.19. The Kier molecular flexibility index (Phi) is 5.06. The first kappa shape index (κ1) is 19.4. The Morgan fingerprint density at radius 1 is 1.03 bits per heavy atom. The number of ether oxygens (including phenoxy) is 1. The quantitative estimate of drug-likeness (QED) is 0.406. The summed E-state index contributed by atoms with van der Waals surface area (Å²) in [5.74, 6) is -1.02. The summed E-state index contributed by atoms with van der Waals surface area (Å²) >= 11 is 0. The molecule has 1 aliphatic heterocycles. The number of hydrogen-bond donors (Lipinski definition) is 1. The second-order valence-corrected chi connectivity index (χ2v) is 7.02. The number of rotatable bonds is 4. The van der Waals surface area contributed by atoms with Crippen LogP contribution in [0.2, 0.25) is 0 Å². The maximum absolute atomic E-state index is 13.0. The van der Waals surface area contributed by atoms with Crippen molar-refractivity contribution in [1.82, 2.24) is 4.98 Å². The Labute approximate surface area is 174 Å². The minimum Gasteiger partial charge on any atom is -0.507 e. The number of ketones is 1. The lowest BCUT2D eigenvalue weighted by Crippen LogP contribution is -2.29. The van der Waals surface area contributed by atoms with Crippen LogP contribution in [0.4, 0.5) is 5.69 Å². The van der Waals surface area contributed by atoms with E-state index in [1.54, 1.807) is 68.0 Å². The number of anilines is 1. The molecule has 1 N–H and O–H groups in total. The molecule has 1 amide bonds. The molecule has 0 radical (unpaired) electrons. The molecule has 150 valence electrons. The summed E-state index contributed by atoms with van der Waals surface area (Å²) in [5, 5.41) is 11.0. The van der Waals surface area contributed by atoms with Crippen LogP contribution in [0.1, 0.15) is 22.7 Å². The number of methoxy groups -OCH3 is 1. The molecule has 0 aliphatic carbocycles. The fourth-order valence-corrected chi connectivity index (χ4v) is 3.56. The zero-order valence-electron chi connectivity index (χ0n) is 16.6. The normalized spacial score (nSPS) is 17.9. The largest absolute Gasteiger partial charge is 0.507 e. The van der Waals surface area contributed by atoms with Crippen LogP contribution in [0, 0.1) is 6.92 Å². The highest BCUT2D eigenvalue weighted by molar-refractivity contribution is 6.51. The van der Waals surface area contributed by atoms with Crippen molar-refractivity contribution in [3.05, 3.63) is 95.3 Å². The SMILES string of the molecule is COc1ccc(N2C(=O)C(=O)/C(=C(\O)c3ccc(C)cc3)C2c2cccnc2)cc1. The van der Waals surface area contributed by atoms with Gasteiger partial charge in [0.2, 0.25) is 0 Å². The minimum atomic E-state index is -0.798. The summed E-state index contributed by atoms with van der Waals surface area (Å²) in [6.07, 6.45) is 3.21. The van der Waals surface area contributed by atoms with E-state index in [2.05, 4.69) is 4.98 Å². The summed E-state index contributed by atoms with van der Waals surface area (Å²) in [6, 6.07) is 16.7. The van der Waals surface area contributed by atoms with E-state index in [9.17, 15) is 14.7 Å². The minimum absolute atomic E-state index is 0.0349. The van der Waals surface area contributed by atoms with Crippen molar-refractivity contribution in [2.75, 3.05) is 12.0 Å². The summed E-state index contributed by atoms with van der Waals surface area (Å²) in [4.78, 5) is 31.6. The van der Waals surface area contributed by atoms with Crippen molar-refractivity contribution < 1.29 is 19.4 Å². The molecule has 2 heterocycles. The first-order valence-electron chi connectivity index (χ1n) is 9.43. The number of aryl methyl sites for hydroxylation is 1. The van der Waals surface area contributed by atoms with Crippen molar-refractivity contribution >= 4 is 23.1 Å². The number of benzene rings is 2. The van der Waals surface area contributed by atoms with Crippen LogP contribution in [-0.2, 0) is 9.59 Å². The molecule has 1 fully saturated rings. The fraction of sp³-hybridized carbons (Fsp3) is 0.125. The molecular weight excluding hydrogens is 380 g/mol. The molecular formula is C24H20N2O4. The van der Waals surface area contributed by atoms with Gasteiger partial charge in [-0.2, -0.15) is 0 Å². The van der Waals surface area contributed by atoms with Gasteiger partial charge in [-0.1, -0.05) is 35.9 Å². The number of nitrogens with zero attached hydrogens (tertiary/aromatic N) is 2. The van der Waals surface area contributed by atoms with Gasteiger partial charge in [-0.15, -0.1) is 0 Å². The maximum atomic E-state index is 13.0. The third-order valence-electron chi connectivity index (χ3n) is 5.12. The molecule has 0 bridgehead atoms. The lowest BCUT2D eigenvalue weighted by atomic mass is 9.96. The summed E-state index contributed by atoms with van der Waals surface area (Å²) in [7, 11) is 1.55. The number of aliphatic hydroxyl groups is 1. The van der Waals surface area contributed by atoms with E-state index < -0.39 is 17.7 Å². The summed E-state index contributed by atoms with van der Waals surface area (Å²) in [6.45, 7) is 1.93. The molecule has 1 aliphatic rings. The third kappa shape index (κ3) is 3.33. The number of carbonyl (C=O) groups excluding carboxylic acids is 2. The highest BCUT2D eigenvalue weighted by Crippen LogP contribution is 2.42. The lowest BCUT2D eigenvalue weighted by molar-refractivity contribution is -0.132. The molecule has 1 saturated heterocycles. The average Bonchev–Trinajstić information content (AvgIpc) is 3.05. The lowest BCUT2D eigenvalue weighted by Gasteiger charge is -2.25. The highest BCUT2D eigenvalue weighted by Gasteiger charge is 2.47. The van der Waals surface area contributed by atoms with Crippen LogP contribution in [0.25, 0.3) is 5.76 Å². The number of aliphatic hydroxyl groups excluding tert-OH is 1. The van der Waals surface area contributed by atoms with E-state index in [1.165, 1.54) is 4.90 Å². The standard InChI is InChI=1S/C24H20N2O4/c1-15-5-7-16(8-6-15)22(27)20-21(17-4-3-13-25-14-17)26(24(29)23(20)28)18-9-11-19(30-2)12-10-18/h3-14,21,27H,1-2H3/b22-20-. The van der Waals surface area contributed by atoms with E-state index >= 15 is 0 Å². The average molecular weight is 400 g/mol. The Morgan fingerprint density at radius 2 is 1.73 bits per heavy atom. The van der Waals surface area contributed by atoms with Crippen LogP contribution in [-0.4, -0.2) is 28.9 Å². The van der Waals surface area contributed by atoms with Crippen molar-refractivity contribution in [2.24, 2.45) is 0 Å². The Morgan fingerprint density at radius 3 is 2.33 bits per heavy atom.